The second kappa shape index (κ2) is 7.11. The molecule has 2 aromatic rings. The highest BCUT2D eigenvalue weighted by Gasteiger charge is 2.28. The molecule has 6 nitrogen and oxygen atoms in total. The average Bonchev–Trinajstić information content (AvgIpc) is 2.62. The normalized spacial score (nSPS) is 14.0. The molecule has 0 radical (unpaired) electrons. The molecule has 0 unspecified atom stereocenters. The molecule has 1 heterocycles. The van der Waals surface area contributed by atoms with Crippen molar-refractivity contribution in [1.29, 1.82) is 0 Å². The van der Waals surface area contributed by atoms with Gasteiger partial charge in [-0.15, -0.1) is 0 Å². The number of nitrogens with one attached hydrogen (secondary N) is 1. The van der Waals surface area contributed by atoms with Crippen molar-refractivity contribution >= 4 is 21.4 Å². The van der Waals surface area contributed by atoms with Crippen molar-refractivity contribution in [3.05, 3.63) is 48.5 Å². The van der Waals surface area contributed by atoms with Crippen LogP contribution in [0.3, 0.4) is 0 Å². The molecule has 0 bridgehead atoms. The second-order valence-electron chi connectivity index (χ2n) is 5.33. The number of anilines is 2. The maximum atomic E-state index is 13.0. The highest BCUT2D eigenvalue weighted by atomic mass is 32.2. The molecule has 1 N–H and O–H groups in total. The first-order valence-electron chi connectivity index (χ1n) is 7.70. The molecule has 7 heteroatoms. The van der Waals surface area contributed by atoms with Gasteiger partial charge in [-0.3, -0.25) is 4.31 Å². The van der Waals surface area contributed by atoms with Crippen LogP contribution in [0.1, 0.15) is 0 Å². The molecule has 0 spiro atoms. The van der Waals surface area contributed by atoms with Crippen LogP contribution in [-0.4, -0.2) is 41.8 Å². The molecular formula is C17H20N2O4S. The molecule has 1 aliphatic heterocycles. The maximum Gasteiger partial charge on any atom is 0.264 e. The summed E-state index contributed by atoms with van der Waals surface area (Å²) >= 11 is 0. The van der Waals surface area contributed by atoms with Gasteiger partial charge in [-0.2, -0.15) is 0 Å². The zero-order valence-corrected chi connectivity index (χ0v) is 14.3. The van der Waals surface area contributed by atoms with Gasteiger partial charge in [-0.1, -0.05) is 12.1 Å². The molecule has 24 heavy (non-hydrogen) atoms. The van der Waals surface area contributed by atoms with Crippen molar-refractivity contribution in [3.8, 4) is 5.75 Å². The van der Waals surface area contributed by atoms with Gasteiger partial charge in [-0.05, 0) is 36.4 Å². The van der Waals surface area contributed by atoms with Gasteiger partial charge in [0.1, 0.15) is 12.4 Å². The van der Waals surface area contributed by atoms with Gasteiger partial charge in [0.05, 0.1) is 29.4 Å². The Morgan fingerprint density at radius 3 is 2.58 bits per heavy atom. The molecule has 3 rings (SSSR count). The maximum absolute atomic E-state index is 13.0. The Labute approximate surface area is 142 Å². The third-order valence-electron chi connectivity index (χ3n) is 3.77. The smallest absolute Gasteiger partial charge is 0.264 e. The van der Waals surface area contributed by atoms with Crippen LogP contribution in [0.2, 0.25) is 0 Å². The lowest BCUT2D eigenvalue weighted by Gasteiger charge is -2.31. The lowest BCUT2D eigenvalue weighted by atomic mass is 10.2. The molecule has 0 amide bonds. The molecule has 0 aliphatic carbocycles. The molecule has 0 saturated carbocycles. The zero-order valence-electron chi connectivity index (χ0n) is 13.4. The topological polar surface area (TPSA) is 67.9 Å². The van der Waals surface area contributed by atoms with Gasteiger partial charge in [0, 0.05) is 13.7 Å². The molecule has 128 valence electrons. The molecule has 2 aromatic carbocycles. The van der Waals surface area contributed by atoms with E-state index in [-0.39, 0.29) is 4.90 Å². The Kier molecular flexibility index (Phi) is 4.92. The van der Waals surface area contributed by atoms with Gasteiger partial charge in [0.2, 0.25) is 0 Å². The minimum atomic E-state index is -3.60. The molecule has 1 aliphatic rings. The fourth-order valence-corrected chi connectivity index (χ4v) is 4.07. The summed E-state index contributed by atoms with van der Waals surface area (Å²) in [6.45, 7) is 1.88. The van der Waals surface area contributed by atoms with Gasteiger partial charge in [0.25, 0.3) is 10.0 Å². The largest absolute Gasteiger partial charge is 0.491 e. The first-order chi connectivity index (χ1) is 11.6. The highest BCUT2D eigenvalue weighted by molar-refractivity contribution is 7.92. The van der Waals surface area contributed by atoms with E-state index in [4.69, 9.17) is 9.47 Å². The lowest BCUT2D eigenvalue weighted by Crippen LogP contribution is -2.38. The number of fused-ring (bicyclic) bond motifs is 1. The third-order valence-corrected chi connectivity index (χ3v) is 5.60. The van der Waals surface area contributed by atoms with Gasteiger partial charge in [-0.25, -0.2) is 8.42 Å². The van der Waals surface area contributed by atoms with Crippen LogP contribution in [0.4, 0.5) is 11.4 Å². The van der Waals surface area contributed by atoms with Crippen LogP contribution >= 0.6 is 0 Å². The Hall–Kier alpha value is -2.25. The van der Waals surface area contributed by atoms with E-state index in [0.717, 1.165) is 5.69 Å². The first kappa shape index (κ1) is 16.6. The monoisotopic (exact) mass is 348 g/mol. The van der Waals surface area contributed by atoms with Gasteiger partial charge >= 0.3 is 0 Å². The van der Waals surface area contributed by atoms with Crippen LogP contribution in [0.25, 0.3) is 0 Å². The van der Waals surface area contributed by atoms with E-state index in [1.807, 2.05) is 18.2 Å². The number of rotatable bonds is 6. The van der Waals surface area contributed by atoms with E-state index in [1.54, 1.807) is 37.4 Å². The van der Waals surface area contributed by atoms with E-state index in [0.29, 0.717) is 37.7 Å². The summed E-state index contributed by atoms with van der Waals surface area (Å²) in [5.74, 6) is 0.617. The van der Waals surface area contributed by atoms with E-state index >= 15 is 0 Å². The van der Waals surface area contributed by atoms with Gasteiger partial charge in [0.15, 0.2) is 0 Å². The van der Waals surface area contributed by atoms with Crippen LogP contribution in [0.15, 0.2) is 53.4 Å². The van der Waals surface area contributed by atoms with E-state index in [9.17, 15) is 8.42 Å². The Morgan fingerprint density at radius 1 is 1.08 bits per heavy atom. The Morgan fingerprint density at radius 2 is 1.83 bits per heavy atom. The van der Waals surface area contributed by atoms with Crippen LogP contribution in [0, 0.1) is 0 Å². The quantitative estimate of drug-likeness (QED) is 0.812. The van der Waals surface area contributed by atoms with Crippen molar-refractivity contribution in [3.63, 3.8) is 0 Å². The summed E-state index contributed by atoms with van der Waals surface area (Å²) in [6.07, 6.45) is 0. The molecule has 0 atom stereocenters. The predicted octanol–water partition coefficient (Wildman–Crippen LogP) is 2.33. The van der Waals surface area contributed by atoms with Crippen LogP contribution in [0.5, 0.6) is 5.75 Å². The number of para-hydroxylation sites is 2. The number of sulfonamides is 1. The molecule has 0 aromatic heterocycles. The second-order valence-corrected chi connectivity index (χ2v) is 7.20. The summed E-state index contributed by atoms with van der Waals surface area (Å²) in [7, 11) is -2.00. The summed E-state index contributed by atoms with van der Waals surface area (Å²) < 4.78 is 37.8. The van der Waals surface area contributed by atoms with Gasteiger partial charge < -0.3 is 14.8 Å². The summed E-state index contributed by atoms with van der Waals surface area (Å²) in [5.41, 5.74) is 1.50. The summed E-state index contributed by atoms with van der Waals surface area (Å²) in [5, 5.41) is 3.22. The molecule has 0 saturated heterocycles. The SMILES string of the molecule is COCCOc1ccc(S(=O)(=O)N2CCNc3ccccc32)cc1. The number of hydrogen-bond donors (Lipinski definition) is 1. The number of methoxy groups -OCH3 is 1. The van der Waals surface area contributed by atoms with Crippen molar-refractivity contribution in [2.45, 2.75) is 4.90 Å². The van der Waals surface area contributed by atoms with E-state index < -0.39 is 10.0 Å². The fraction of sp³-hybridized carbons (Fsp3) is 0.294. The van der Waals surface area contributed by atoms with Crippen LogP contribution in [-0.2, 0) is 14.8 Å². The predicted molar refractivity (Wildman–Crippen MR) is 93.3 cm³/mol. The minimum Gasteiger partial charge on any atom is -0.491 e. The fourth-order valence-electron chi connectivity index (χ4n) is 2.58. The van der Waals surface area contributed by atoms with Crippen molar-refractivity contribution in [1.82, 2.24) is 0 Å². The molecular weight excluding hydrogens is 328 g/mol. The summed E-state index contributed by atoms with van der Waals surface area (Å²) in [4.78, 5) is 0.248. The number of ether oxygens (including phenoxy) is 2. The van der Waals surface area contributed by atoms with Crippen LogP contribution < -0.4 is 14.4 Å². The zero-order chi connectivity index (χ0) is 17.0. The molecule has 0 fully saturated rings. The first-order valence-corrected chi connectivity index (χ1v) is 9.14. The Bertz CT molecular complexity index is 790. The van der Waals surface area contributed by atoms with E-state index in [2.05, 4.69) is 5.32 Å². The lowest BCUT2D eigenvalue weighted by molar-refractivity contribution is 0.146. The standard InChI is InChI=1S/C17H20N2O4S/c1-22-12-13-23-14-6-8-15(9-7-14)24(20,21)19-11-10-18-16-4-2-3-5-17(16)19/h2-9,18H,10-13H2,1H3. The summed E-state index contributed by atoms with van der Waals surface area (Å²) in [6, 6.07) is 13.9. The number of hydrogen-bond acceptors (Lipinski definition) is 5. The van der Waals surface area contributed by atoms with E-state index in [1.165, 1.54) is 4.31 Å². The van der Waals surface area contributed by atoms with Crippen molar-refractivity contribution in [2.24, 2.45) is 0 Å². The average molecular weight is 348 g/mol. The van der Waals surface area contributed by atoms with Crippen molar-refractivity contribution < 1.29 is 17.9 Å². The number of nitrogens with zero attached hydrogens (tertiary/aromatic N) is 1. The highest BCUT2D eigenvalue weighted by Crippen LogP contribution is 2.33. The third kappa shape index (κ3) is 3.32. The Balaban J connectivity index is 1.84. The van der Waals surface area contributed by atoms with Crippen molar-refractivity contribution in [2.75, 3.05) is 43.0 Å². The minimum absolute atomic E-state index is 0.248. The number of benzene rings is 2.